The maximum Gasteiger partial charge on any atom is 0.337 e. The number of nitrogens with zero attached hydrogens (tertiary/aromatic N) is 2. The van der Waals surface area contributed by atoms with E-state index in [-0.39, 0.29) is 0 Å². The molecular formula is C13H12N2O2S. The number of fused-ring (bicyclic) bond motifs is 1. The second-order valence-corrected chi connectivity index (χ2v) is 5.20. The van der Waals surface area contributed by atoms with E-state index in [9.17, 15) is 9.90 Å². The fourth-order valence-electron chi connectivity index (χ4n) is 2.49. The second-order valence-electron chi connectivity index (χ2n) is 4.25. The van der Waals surface area contributed by atoms with Crippen molar-refractivity contribution in [1.82, 2.24) is 9.55 Å². The third kappa shape index (κ3) is 1.54. The number of pyridine rings is 1. The highest BCUT2D eigenvalue weighted by Gasteiger charge is 2.28. The summed E-state index contributed by atoms with van der Waals surface area (Å²) in [6, 6.07) is 3.84. The summed E-state index contributed by atoms with van der Waals surface area (Å²) in [4.78, 5) is 15.5. The van der Waals surface area contributed by atoms with Crippen LogP contribution in [0, 0.1) is 6.92 Å². The minimum absolute atomic E-state index is 0.457. The standard InChI is InChI=1S/C13H12N2O2S/c1-8-11(13(16)17)10-6-18-7-15(10)12(8)9-3-2-4-14-5-9/h2-5H,6-7H2,1H3,(H,16,17). The first kappa shape index (κ1) is 11.3. The van der Waals surface area contributed by atoms with E-state index in [2.05, 4.69) is 9.55 Å². The van der Waals surface area contributed by atoms with E-state index in [1.165, 1.54) is 0 Å². The zero-order valence-corrected chi connectivity index (χ0v) is 10.7. The van der Waals surface area contributed by atoms with E-state index in [1.54, 1.807) is 24.2 Å². The number of rotatable bonds is 2. The first-order chi connectivity index (χ1) is 8.70. The third-order valence-electron chi connectivity index (χ3n) is 3.22. The molecule has 2 aromatic heterocycles. The number of hydrogen-bond acceptors (Lipinski definition) is 3. The van der Waals surface area contributed by atoms with Gasteiger partial charge in [-0.3, -0.25) is 4.98 Å². The SMILES string of the molecule is Cc1c(C(=O)O)c2n(c1-c1cccnc1)CSC2. The lowest BCUT2D eigenvalue weighted by Crippen LogP contribution is -2.00. The highest BCUT2D eigenvalue weighted by atomic mass is 32.2. The number of carbonyl (C=O) groups is 1. The van der Waals surface area contributed by atoms with Crippen LogP contribution in [0.2, 0.25) is 0 Å². The molecule has 3 heterocycles. The Morgan fingerprint density at radius 1 is 1.56 bits per heavy atom. The quantitative estimate of drug-likeness (QED) is 0.902. The summed E-state index contributed by atoms with van der Waals surface area (Å²) in [7, 11) is 0. The molecule has 4 nitrogen and oxygen atoms in total. The summed E-state index contributed by atoms with van der Waals surface area (Å²) in [5, 5.41) is 9.35. The fraction of sp³-hybridized carbons (Fsp3) is 0.231. The predicted octanol–water partition coefficient (Wildman–Crippen LogP) is 2.76. The number of carboxylic acid groups (broad SMARTS) is 1. The molecule has 1 N–H and O–H groups in total. The molecule has 0 amide bonds. The molecule has 1 aliphatic heterocycles. The molecule has 0 spiro atoms. The van der Waals surface area contributed by atoms with Gasteiger partial charge < -0.3 is 9.67 Å². The number of aromatic nitrogens is 2. The maximum atomic E-state index is 11.4. The molecule has 5 heteroatoms. The Kier molecular flexibility index (Phi) is 2.63. The Morgan fingerprint density at radius 2 is 2.39 bits per heavy atom. The zero-order chi connectivity index (χ0) is 12.7. The van der Waals surface area contributed by atoms with Gasteiger partial charge in [0.25, 0.3) is 0 Å². The Bertz CT molecular complexity index is 620. The average Bonchev–Trinajstić information content (AvgIpc) is 2.88. The van der Waals surface area contributed by atoms with Crippen molar-refractivity contribution in [1.29, 1.82) is 0 Å². The van der Waals surface area contributed by atoms with Gasteiger partial charge in [-0.05, 0) is 24.6 Å². The average molecular weight is 260 g/mol. The molecule has 0 saturated heterocycles. The van der Waals surface area contributed by atoms with Crippen LogP contribution in [0.1, 0.15) is 21.6 Å². The normalized spacial score (nSPS) is 13.6. The van der Waals surface area contributed by atoms with Crippen molar-refractivity contribution in [2.24, 2.45) is 0 Å². The van der Waals surface area contributed by atoms with Crippen LogP contribution in [0.3, 0.4) is 0 Å². The van der Waals surface area contributed by atoms with Crippen molar-refractivity contribution >= 4 is 17.7 Å². The van der Waals surface area contributed by atoms with E-state index < -0.39 is 5.97 Å². The Labute approximate surface area is 109 Å². The van der Waals surface area contributed by atoms with Gasteiger partial charge >= 0.3 is 5.97 Å². The van der Waals surface area contributed by atoms with Crippen molar-refractivity contribution in [3.63, 3.8) is 0 Å². The van der Waals surface area contributed by atoms with Crippen LogP contribution < -0.4 is 0 Å². The fourth-order valence-corrected chi connectivity index (χ4v) is 3.54. The molecule has 92 valence electrons. The molecule has 0 aliphatic carbocycles. The lowest BCUT2D eigenvalue weighted by molar-refractivity contribution is 0.0695. The summed E-state index contributed by atoms with van der Waals surface area (Å²) >= 11 is 1.74. The van der Waals surface area contributed by atoms with Gasteiger partial charge in [-0.25, -0.2) is 4.79 Å². The van der Waals surface area contributed by atoms with E-state index in [0.29, 0.717) is 5.56 Å². The monoisotopic (exact) mass is 260 g/mol. The number of hydrogen-bond donors (Lipinski definition) is 1. The van der Waals surface area contributed by atoms with Gasteiger partial charge in [0.05, 0.1) is 17.1 Å². The van der Waals surface area contributed by atoms with Crippen LogP contribution in [0.4, 0.5) is 0 Å². The minimum Gasteiger partial charge on any atom is -0.478 e. The van der Waals surface area contributed by atoms with Crippen LogP contribution in [0.5, 0.6) is 0 Å². The summed E-state index contributed by atoms with van der Waals surface area (Å²) in [5.41, 5.74) is 4.18. The Morgan fingerprint density at radius 3 is 3.06 bits per heavy atom. The number of aromatic carboxylic acids is 1. The molecule has 0 aromatic carbocycles. The van der Waals surface area contributed by atoms with Gasteiger partial charge in [0, 0.05) is 29.4 Å². The highest BCUT2D eigenvalue weighted by molar-refractivity contribution is 7.97. The van der Waals surface area contributed by atoms with E-state index in [0.717, 1.165) is 34.1 Å². The molecule has 0 bridgehead atoms. The van der Waals surface area contributed by atoms with Crippen molar-refractivity contribution in [3.8, 4) is 11.3 Å². The molecule has 0 radical (unpaired) electrons. The van der Waals surface area contributed by atoms with Crippen LogP contribution >= 0.6 is 11.8 Å². The minimum atomic E-state index is -0.839. The van der Waals surface area contributed by atoms with Crippen LogP contribution in [0.25, 0.3) is 11.3 Å². The smallest absolute Gasteiger partial charge is 0.337 e. The maximum absolute atomic E-state index is 11.4. The molecular weight excluding hydrogens is 248 g/mol. The van der Waals surface area contributed by atoms with Gasteiger partial charge in [-0.15, -0.1) is 11.8 Å². The molecule has 1 aliphatic rings. The van der Waals surface area contributed by atoms with Gasteiger partial charge in [0.2, 0.25) is 0 Å². The lowest BCUT2D eigenvalue weighted by atomic mass is 10.1. The topological polar surface area (TPSA) is 55.1 Å². The summed E-state index contributed by atoms with van der Waals surface area (Å²) in [6.07, 6.45) is 3.50. The number of thioether (sulfide) groups is 1. The zero-order valence-electron chi connectivity index (χ0n) is 9.88. The van der Waals surface area contributed by atoms with E-state index >= 15 is 0 Å². The van der Waals surface area contributed by atoms with Crippen LogP contribution in [-0.4, -0.2) is 20.6 Å². The van der Waals surface area contributed by atoms with Gasteiger partial charge in [-0.2, -0.15) is 0 Å². The third-order valence-corrected chi connectivity index (χ3v) is 4.14. The summed E-state index contributed by atoms with van der Waals surface area (Å²) in [5.74, 6) is 0.741. The van der Waals surface area contributed by atoms with Gasteiger partial charge in [0.15, 0.2) is 0 Å². The van der Waals surface area contributed by atoms with Crippen molar-refractivity contribution in [2.45, 2.75) is 18.6 Å². The highest BCUT2D eigenvalue weighted by Crippen LogP contribution is 2.38. The first-order valence-electron chi connectivity index (χ1n) is 5.63. The molecule has 0 atom stereocenters. The van der Waals surface area contributed by atoms with Gasteiger partial charge in [-0.1, -0.05) is 0 Å². The summed E-state index contributed by atoms with van der Waals surface area (Å²) in [6.45, 7) is 1.88. The van der Waals surface area contributed by atoms with Crippen LogP contribution in [-0.2, 0) is 11.6 Å². The van der Waals surface area contributed by atoms with Crippen molar-refractivity contribution in [2.75, 3.05) is 0 Å². The molecule has 0 saturated carbocycles. The van der Waals surface area contributed by atoms with Crippen molar-refractivity contribution in [3.05, 3.63) is 41.3 Å². The van der Waals surface area contributed by atoms with Crippen molar-refractivity contribution < 1.29 is 9.90 Å². The molecule has 0 fully saturated rings. The predicted molar refractivity (Wildman–Crippen MR) is 70.7 cm³/mol. The Balaban J connectivity index is 2.28. The summed E-state index contributed by atoms with van der Waals surface area (Å²) < 4.78 is 2.10. The molecule has 18 heavy (non-hydrogen) atoms. The Hall–Kier alpha value is -1.75. The molecule has 3 rings (SSSR count). The van der Waals surface area contributed by atoms with E-state index in [1.807, 2.05) is 19.1 Å². The van der Waals surface area contributed by atoms with Gasteiger partial charge in [0.1, 0.15) is 0 Å². The second kappa shape index (κ2) is 4.17. The molecule has 0 unspecified atom stereocenters. The molecule has 2 aromatic rings. The first-order valence-corrected chi connectivity index (χ1v) is 6.79. The lowest BCUT2D eigenvalue weighted by Gasteiger charge is -2.06. The number of carboxylic acids is 1. The van der Waals surface area contributed by atoms with Crippen LogP contribution in [0.15, 0.2) is 24.5 Å². The largest absolute Gasteiger partial charge is 0.478 e. The van der Waals surface area contributed by atoms with E-state index in [4.69, 9.17) is 0 Å².